The molecule has 4 N–H and O–H groups in total. The second-order valence-corrected chi connectivity index (χ2v) is 7.23. The fraction of sp³-hybridized carbons (Fsp3) is 0.533. The van der Waals surface area contributed by atoms with Crippen LogP contribution in [-0.4, -0.2) is 70.0 Å². The second kappa shape index (κ2) is 8.21. The first-order valence-electron chi connectivity index (χ1n) is 7.57. The molecule has 25 heavy (non-hydrogen) atoms. The summed E-state index contributed by atoms with van der Waals surface area (Å²) < 4.78 is 38.7. The monoisotopic (exact) mass is 374 g/mol. The molecule has 2 rings (SSSR count). The number of hydrogen-bond acceptors (Lipinski definition) is 8. The molecule has 1 aromatic rings. The Bertz CT molecular complexity index is 682. The summed E-state index contributed by atoms with van der Waals surface area (Å²) >= 11 is 0. The van der Waals surface area contributed by atoms with Crippen LogP contribution in [0.2, 0.25) is 0 Å². The number of aliphatic hydroxyl groups is 1. The van der Waals surface area contributed by atoms with Crippen molar-refractivity contribution in [3.63, 3.8) is 0 Å². The van der Waals surface area contributed by atoms with Gasteiger partial charge in [0.05, 0.1) is 6.26 Å². The highest BCUT2D eigenvalue weighted by Gasteiger charge is 2.48. The van der Waals surface area contributed by atoms with E-state index >= 15 is 0 Å². The molecule has 1 saturated heterocycles. The first kappa shape index (κ1) is 19.8. The number of aliphatic hydroxyl groups excluding tert-OH is 1. The third kappa shape index (κ3) is 4.97. The van der Waals surface area contributed by atoms with E-state index in [0.29, 0.717) is 5.56 Å². The van der Waals surface area contributed by atoms with Crippen molar-refractivity contribution in [3.8, 4) is 0 Å². The predicted molar refractivity (Wildman–Crippen MR) is 88.1 cm³/mol. The van der Waals surface area contributed by atoms with E-state index < -0.39 is 46.7 Å². The average molecular weight is 374 g/mol. The standard InChI is InChI=1S/C15H22N2O7S/c1-22-13-11(17-14(18)9-6-4-3-5-7-9)15(19)23-10(8-16)12(13)24-25(2,20)21/h3-7,10-13,15,19H,8,16H2,1-2H3,(H,17,18)/t10-,11-,12-,13-,15+/m1/s1. The van der Waals surface area contributed by atoms with Crippen molar-refractivity contribution in [1.82, 2.24) is 5.32 Å². The molecule has 0 aliphatic carbocycles. The maximum atomic E-state index is 12.3. The normalized spacial score (nSPS) is 30.0. The molecule has 0 saturated carbocycles. The van der Waals surface area contributed by atoms with Crippen molar-refractivity contribution in [2.24, 2.45) is 5.73 Å². The zero-order valence-corrected chi connectivity index (χ0v) is 14.7. The smallest absolute Gasteiger partial charge is 0.264 e. The minimum atomic E-state index is -3.84. The molecule has 0 aromatic heterocycles. The molecular formula is C15H22N2O7S. The Kier molecular flexibility index (Phi) is 6.49. The van der Waals surface area contributed by atoms with E-state index in [4.69, 9.17) is 19.4 Å². The Morgan fingerprint density at radius 2 is 1.96 bits per heavy atom. The van der Waals surface area contributed by atoms with Gasteiger partial charge in [0, 0.05) is 19.2 Å². The van der Waals surface area contributed by atoms with E-state index in [0.717, 1.165) is 6.26 Å². The van der Waals surface area contributed by atoms with Gasteiger partial charge in [-0.05, 0) is 12.1 Å². The van der Waals surface area contributed by atoms with Crippen LogP contribution in [0.25, 0.3) is 0 Å². The number of nitrogens with one attached hydrogen (secondary N) is 1. The van der Waals surface area contributed by atoms with Crippen molar-refractivity contribution in [2.45, 2.75) is 30.6 Å². The molecule has 9 nitrogen and oxygen atoms in total. The third-order valence-electron chi connectivity index (χ3n) is 3.79. The van der Waals surface area contributed by atoms with E-state index in [9.17, 15) is 18.3 Å². The minimum absolute atomic E-state index is 0.101. The first-order valence-corrected chi connectivity index (χ1v) is 9.39. The molecule has 1 amide bonds. The number of carbonyl (C=O) groups is 1. The lowest BCUT2D eigenvalue weighted by molar-refractivity contribution is -0.241. The molecule has 1 heterocycles. The Morgan fingerprint density at radius 1 is 1.32 bits per heavy atom. The van der Waals surface area contributed by atoms with E-state index in [-0.39, 0.29) is 6.54 Å². The SMILES string of the molecule is CO[C@@H]1[C@@H](NC(=O)c2ccccc2)[C@@H](O)O[C@H](CN)[C@H]1OS(C)(=O)=O. The number of amides is 1. The summed E-state index contributed by atoms with van der Waals surface area (Å²) in [5.74, 6) is -0.473. The van der Waals surface area contributed by atoms with Gasteiger partial charge in [0.15, 0.2) is 6.29 Å². The third-order valence-corrected chi connectivity index (χ3v) is 4.36. The van der Waals surface area contributed by atoms with Crippen molar-refractivity contribution >= 4 is 16.0 Å². The molecule has 0 spiro atoms. The molecule has 10 heteroatoms. The van der Waals surface area contributed by atoms with E-state index in [1.54, 1.807) is 30.3 Å². The zero-order chi connectivity index (χ0) is 18.6. The number of carbonyl (C=O) groups excluding carboxylic acids is 1. The van der Waals surface area contributed by atoms with Gasteiger partial charge in [-0.25, -0.2) is 0 Å². The molecular weight excluding hydrogens is 352 g/mol. The van der Waals surface area contributed by atoms with Gasteiger partial charge < -0.3 is 25.6 Å². The van der Waals surface area contributed by atoms with Gasteiger partial charge in [0.25, 0.3) is 16.0 Å². The number of ether oxygens (including phenoxy) is 2. The topological polar surface area (TPSA) is 137 Å². The van der Waals surface area contributed by atoms with Crippen LogP contribution >= 0.6 is 0 Å². The van der Waals surface area contributed by atoms with Crippen molar-refractivity contribution in [3.05, 3.63) is 35.9 Å². The number of hydrogen-bond donors (Lipinski definition) is 3. The van der Waals surface area contributed by atoms with Crippen LogP contribution in [0.5, 0.6) is 0 Å². The van der Waals surface area contributed by atoms with Gasteiger partial charge in [-0.1, -0.05) is 18.2 Å². The highest BCUT2D eigenvalue weighted by atomic mass is 32.2. The van der Waals surface area contributed by atoms with Gasteiger partial charge in [-0.2, -0.15) is 8.42 Å². The summed E-state index contributed by atoms with van der Waals surface area (Å²) in [5, 5.41) is 12.8. The summed E-state index contributed by atoms with van der Waals surface area (Å²) in [5.41, 5.74) is 5.94. The summed E-state index contributed by atoms with van der Waals surface area (Å²) in [6, 6.07) is 7.29. The van der Waals surface area contributed by atoms with E-state index in [1.807, 2.05) is 0 Å². The molecule has 5 atom stereocenters. The predicted octanol–water partition coefficient (Wildman–Crippen LogP) is -1.18. The Labute approximate surface area is 146 Å². The Hall–Kier alpha value is -1.56. The molecule has 1 aromatic carbocycles. The molecule has 140 valence electrons. The lowest BCUT2D eigenvalue weighted by Gasteiger charge is -2.43. The molecule has 1 fully saturated rings. The van der Waals surface area contributed by atoms with Gasteiger partial charge in [0.2, 0.25) is 0 Å². The maximum Gasteiger partial charge on any atom is 0.264 e. The Morgan fingerprint density at radius 3 is 2.48 bits per heavy atom. The van der Waals surface area contributed by atoms with Crippen molar-refractivity contribution in [2.75, 3.05) is 19.9 Å². The minimum Gasteiger partial charge on any atom is -0.376 e. The van der Waals surface area contributed by atoms with E-state index in [1.165, 1.54) is 7.11 Å². The van der Waals surface area contributed by atoms with Crippen LogP contribution in [0.4, 0.5) is 0 Å². The molecule has 0 bridgehead atoms. The van der Waals surface area contributed by atoms with Crippen LogP contribution in [0.15, 0.2) is 30.3 Å². The zero-order valence-electron chi connectivity index (χ0n) is 13.9. The van der Waals surface area contributed by atoms with E-state index in [2.05, 4.69) is 5.32 Å². The van der Waals surface area contributed by atoms with Gasteiger partial charge >= 0.3 is 0 Å². The summed E-state index contributed by atoms with van der Waals surface area (Å²) in [7, 11) is -2.53. The number of rotatable bonds is 6. The van der Waals surface area contributed by atoms with Gasteiger partial charge in [-0.15, -0.1) is 0 Å². The largest absolute Gasteiger partial charge is 0.376 e. The number of methoxy groups -OCH3 is 1. The van der Waals surface area contributed by atoms with Gasteiger partial charge in [-0.3, -0.25) is 8.98 Å². The highest BCUT2D eigenvalue weighted by Crippen LogP contribution is 2.25. The fourth-order valence-electron chi connectivity index (χ4n) is 2.69. The number of benzene rings is 1. The van der Waals surface area contributed by atoms with Crippen LogP contribution in [-0.2, 0) is 23.8 Å². The average Bonchev–Trinajstić information content (AvgIpc) is 2.57. The highest BCUT2D eigenvalue weighted by molar-refractivity contribution is 7.86. The lowest BCUT2D eigenvalue weighted by Crippen LogP contribution is -2.66. The van der Waals surface area contributed by atoms with Crippen LogP contribution in [0.3, 0.4) is 0 Å². The molecule has 0 unspecified atom stereocenters. The Balaban J connectivity index is 2.24. The van der Waals surface area contributed by atoms with Crippen LogP contribution < -0.4 is 11.1 Å². The quantitative estimate of drug-likeness (QED) is 0.529. The number of nitrogens with two attached hydrogens (primary N) is 1. The molecule has 1 aliphatic rings. The molecule has 0 radical (unpaired) electrons. The van der Waals surface area contributed by atoms with Crippen LogP contribution in [0, 0.1) is 0 Å². The first-order chi connectivity index (χ1) is 11.8. The van der Waals surface area contributed by atoms with Crippen molar-refractivity contribution in [1.29, 1.82) is 0 Å². The van der Waals surface area contributed by atoms with Gasteiger partial charge in [0.1, 0.15) is 24.4 Å². The lowest BCUT2D eigenvalue weighted by atomic mass is 9.96. The summed E-state index contributed by atoms with van der Waals surface area (Å²) in [6.45, 7) is -0.101. The second-order valence-electron chi connectivity index (χ2n) is 5.63. The fourth-order valence-corrected chi connectivity index (χ4v) is 3.32. The maximum absolute atomic E-state index is 12.3. The summed E-state index contributed by atoms with van der Waals surface area (Å²) in [6.07, 6.45) is -3.57. The molecule has 1 aliphatic heterocycles. The summed E-state index contributed by atoms with van der Waals surface area (Å²) in [4.78, 5) is 12.3. The van der Waals surface area contributed by atoms with Crippen LogP contribution in [0.1, 0.15) is 10.4 Å². The van der Waals surface area contributed by atoms with Crippen molar-refractivity contribution < 1.29 is 32.0 Å².